The second-order valence-electron chi connectivity index (χ2n) is 4.66. The number of carbonyl (C=O) groups excluding carboxylic acids is 1. The first kappa shape index (κ1) is 19.9. The fourth-order valence-electron chi connectivity index (χ4n) is 1.74. The molecule has 0 radical (unpaired) electrons. The van der Waals surface area contributed by atoms with Crippen LogP contribution in [0.1, 0.15) is 5.56 Å². The Morgan fingerprint density at radius 3 is 2.28 bits per heavy atom. The van der Waals surface area contributed by atoms with Crippen LogP contribution in [0.3, 0.4) is 0 Å². The van der Waals surface area contributed by atoms with Crippen molar-refractivity contribution in [3.8, 4) is 0 Å². The van der Waals surface area contributed by atoms with E-state index in [0.717, 1.165) is 10.8 Å². The Morgan fingerprint density at radius 2 is 1.80 bits per heavy atom. The fraction of sp³-hybridized carbons (Fsp3) is 0.133. The summed E-state index contributed by atoms with van der Waals surface area (Å²) < 4.78 is 31.7. The molecule has 7 nitrogen and oxygen atoms in total. The number of amides is 1. The lowest BCUT2D eigenvalue weighted by Crippen LogP contribution is -2.21. The predicted octanol–water partition coefficient (Wildman–Crippen LogP) is 1.69. The molecule has 2 rings (SSSR count). The van der Waals surface area contributed by atoms with E-state index in [1.54, 1.807) is 18.2 Å². The Balaban J connectivity index is 0.000000381. The monoisotopic (exact) mass is 357 g/mol. The first-order valence-corrected chi connectivity index (χ1v) is 6.64. The fourth-order valence-corrected chi connectivity index (χ4v) is 1.74. The van der Waals surface area contributed by atoms with E-state index in [9.17, 15) is 18.0 Å². The molecular weight excluding hydrogens is 343 g/mol. The van der Waals surface area contributed by atoms with Gasteiger partial charge in [0.1, 0.15) is 12.4 Å². The highest BCUT2D eigenvalue weighted by Crippen LogP contribution is 2.24. The molecule has 0 saturated carbocycles. The molecule has 1 amide bonds. The second kappa shape index (κ2) is 8.11. The van der Waals surface area contributed by atoms with E-state index in [4.69, 9.17) is 26.2 Å². The van der Waals surface area contributed by atoms with Crippen LogP contribution in [0, 0.1) is 5.41 Å². The molecule has 25 heavy (non-hydrogen) atoms. The molecule has 0 aromatic heterocycles. The van der Waals surface area contributed by atoms with Crippen LogP contribution in [0.4, 0.5) is 18.9 Å². The first-order valence-electron chi connectivity index (χ1n) is 6.64. The molecule has 2 aromatic rings. The number of hydrogen-bond acceptors (Lipinski definition) is 4. The average molecular weight is 357 g/mol. The third kappa shape index (κ3) is 5.77. The molecule has 0 fully saturated rings. The minimum atomic E-state index is -5.08. The summed E-state index contributed by atoms with van der Waals surface area (Å²) in [4.78, 5) is 20.1. The molecule has 10 heteroatoms. The maximum atomic E-state index is 11.2. The number of rotatable bonds is 3. The van der Waals surface area contributed by atoms with Gasteiger partial charge in [0.2, 0.25) is 5.91 Å². The highest BCUT2D eigenvalue weighted by Gasteiger charge is 2.38. The Bertz CT molecular complexity index is 806. The van der Waals surface area contributed by atoms with Crippen LogP contribution in [0.25, 0.3) is 10.8 Å². The van der Waals surface area contributed by atoms with Crippen LogP contribution in [0.2, 0.25) is 0 Å². The maximum Gasteiger partial charge on any atom is 0.490 e. The smallest absolute Gasteiger partial charge is 0.475 e. The SMILES string of the molecule is N=C(N)c1ccc2cccc(NC(=O)CO)c2c1.O=C(O)C(F)(F)F. The number of carboxylic acids is 1. The number of fused-ring (bicyclic) bond motifs is 1. The number of alkyl halides is 3. The number of nitrogens with two attached hydrogens (primary N) is 1. The zero-order valence-electron chi connectivity index (χ0n) is 12.6. The van der Waals surface area contributed by atoms with Crippen molar-refractivity contribution in [2.45, 2.75) is 6.18 Å². The number of aliphatic hydroxyl groups is 1. The number of carboxylic acid groups (broad SMARTS) is 1. The number of benzene rings is 2. The first-order chi connectivity index (χ1) is 11.6. The molecule has 0 aliphatic heterocycles. The van der Waals surface area contributed by atoms with Gasteiger partial charge in [-0.3, -0.25) is 10.2 Å². The summed E-state index contributed by atoms with van der Waals surface area (Å²) in [7, 11) is 0. The van der Waals surface area contributed by atoms with Gasteiger partial charge in [-0.2, -0.15) is 13.2 Å². The van der Waals surface area contributed by atoms with E-state index in [2.05, 4.69) is 5.32 Å². The highest BCUT2D eigenvalue weighted by molar-refractivity contribution is 6.06. The number of anilines is 1. The van der Waals surface area contributed by atoms with E-state index in [1.165, 1.54) is 0 Å². The summed E-state index contributed by atoms with van der Waals surface area (Å²) >= 11 is 0. The molecule has 2 aromatic carbocycles. The van der Waals surface area contributed by atoms with Gasteiger partial charge in [0.15, 0.2) is 0 Å². The largest absolute Gasteiger partial charge is 0.490 e. The van der Waals surface area contributed by atoms with Crippen LogP contribution in [-0.4, -0.2) is 40.7 Å². The maximum absolute atomic E-state index is 11.2. The molecule has 6 N–H and O–H groups in total. The Morgan fingerprint density at radius 1 is 1.20 bits per heavy atom. The molecule has 0 aliphatic rings. The van der Waals surface area contributed by atoms with Crippen molar-refractivity contribution in [1.29, 1.82) is 5.41 Å². The number of nitrogen functional groups attached to an aromatic ring is 1. The number of aliphatic carboxylic acids is 1. The minimum Gasteiger partial charge on any atom is -0.475 e. The summed E-state index contributed by atoms with van der Waals surface area (Å²) in [5.74, 6) is -3.26. The molecule has 0 aliphatic carbocycles. The number of aliphatic hydroxyl groups excluding tert-OH is 1. The topological polar surface area (TPSA) is 136 Å². The molecule has 0 bridgehead atoms. The van der Waals surface area contributed by atoms with E-state index >= 15 is 0 Å². The van der Waals surface area contributed by atoms with E-state index < -0.39 is 24.7 Å². The third-order valence-corrected chi connectivity index (χ3v) is 2.85. The lowest BCUT2D eigenvalue weighted by atomic mass is 10.0. The molecule has 0 heterocycles. The van der Waals surface area contributed by atoms with Crippen molar-refractivity contribution in [1.82, 2.24) is 0 Å². The van der Waals surface area contributed by atoms with Gasteiger partial charge in [0.05, 0.1) is 0 Å². The van der Waals surface area contributed by atoms with E-state index in [0.29, 0.717) is 11.3 Å². The quantitative estimate of drug-likeness (QED) is 0.421. The van der Waals surface area contributed by atoms with Crippen LogP contribution in [0.5, 0.6) is 0 Å². The molecule has 0 unspecified atom stereocenters. The summed E-state index contributed by atoms with van der Waals surface area (Å²) in [6.45, 7) is -0.567. The van der Waals surface area contributed by atoms with Gasteiger partial charge < -0.3 is 21.3 Å². The molecule has 0 saturated heterocycles. The van der Waals surface area contributed by atoms with Gasteiger partial charge in [-0.25, -0.2) is 4.79 Å². The van der Waals surface area contributed by atoms with Gasteiger partial charge in [-0.05, 0) is 17.5 Å². The normalized spacial score (nSPS) is 10.6. The van der Waals surface area contributed by atoms with Crippen LogP contribution >= 0.6 is 0 Å². The van der Waals surface area contributed by atoms with Gasteiger partial charge in [-0.15, -0.1) is 0 Å². The van der Waals surface area contributed by atoms with Crippen LogP contribution in [-0.2, 0) is 9.59 Å². The second-order valence-corrected chi connectivity index (χ2v) is 4.66. The zero-order valence-corrected chi connectivity index (χ0v) is 12.6. The number of nitrogens with one attached hydrogen (secondary N) is 2. The van der Waals surface area contributed by atoms with Crippen molar-refractivity contribution in [3.05, 3.63) is 42.0 Å². The lowest BCUT2D eigenvalue weighted by molar-refractivity contribution is -0.192. The number of carbonyl (C=O) groups is 2. The third-order valence-electron chi connectivity index (χ3n) is 2.85. The number of amidine groups is 1. The Labute approximate surface area is 139 Å². The van der Waals surface area contributed by atoms with Gasteiger partial charge >= 0.3 is 12.1 Å². The van der Waals surface area contributed by atoms with Crippen molar-refractivity contribution < 1.29 is 33.0 Å². The van der Waals surface area contributed by atoms with Gasteiger partial charge in [0, 0.05) is 16.6 Å². The van der Waals surface area contributed by atoms with Gasteiger partial charge in [-0.1, -0.05) is 24.3 Å². The van der Waals surface area contributed by atoms with Crippen molar-refractivity contribution in [2.75, 3.05) is 11.9 Å². The Hall–Kier alpha value is -3.14. The van der Waals surface area contributed by atoms with Crippen LogP contribution in [0.15, 0.2) is 36.4 Å². The summed E-state index contributed by atoms with van der Waals surface area (Å²) in [6, 6.07) is 10.8. The molecule has 134 valence electrons. The van der Waals surface area contributed by atoms with Crippen molar-refractivity contribution in [3.63, 3.8) is 0 Å². The summed E-state index contributed by atoms with van der Waals surface area (Å²) in [5.41, 5.74) is 6.62. The molecular formula is C15H14F3N3O4. The van der Waals surface area contributed by atoms with E-state index in [-0.39, 0.29) is 5.84 Å². The van der Waals surface area contributed by atoms with E-state index in [1.807, 2.05) is 18.2 Å². The highest BCUT2D eigenvalue weighted by atomic mass is 19.4. The summed E-state index contributed by atoms with van der Waals surface area (Å²) in [5, 5.41) is 27.6. The lowest BCUT2D eigenvalue weighted by Gasteiger charge is -2.09. The minimum absolute atomic E-state index is 0.0276. The zero-order chi connectivity index (χ0) is 19.2. The van der Waals surface area contributed by atoms with Gasteiger partial charge in [0.25, 0.3) is 0 Å². The van der Waals surface area contributed by atoms with Crippen LogP contribution < -0.4 is 11.1 Å². The van der Waals surface area contributed by atoms with Crippen molar-refractivity contribution in [2.24, 2.45) is 5.73 Å². The summed E-state index contributed by atoms with van der Waals surface area (Å²) in [6.07, 6.45) is -5.08. The standard InChI is InChI=1S/C13H13N3O2.C2HF3O2/c14-13(15)9-5-4-8-2-1-3-11(10(8)6-9)16-12(18)7-17;3-2(4,5)1(6)7/h1-6,17H,7H2,(H3,14,15)(H,16,18);(H,6,7). The molecule has 0 atom stereocenters. The Kier molecular flexibility index (Phi) is 6.45. The predicted molar refractivity (Wildman–Crippen MR) is 84.4 cm³/mol. The number of hydrogen-bond donors (Lipinski definition) is 5. The molecule has 0 spiro atoms. The van der Waals surface area contributed by atoms with Crippen molar-refractivity contribution >= 4 is 34.2 Å². The number of halogens is 3. The average Bonchev–Trinajstić information content (AvgIpc) is 2.54.